The number of aliphatic imine (C=N–C) groups is 1. The van der Waals surface area contributed by atoms with E-state index < -0.39 is 0 Å². The summed E-state index contributed by atoms with van der Waals surface area (Å²) in [6, 6.07) is 4.92. The van der Waals surface area contributed by atoms with E-state index in [1.165, 1.54) is 11.1 Å². The first-order valence-electron chi connectivity index (χ1n) is 8.25. The van der Waals surface area contributed by atoms with Gasteiger partial charge >= 0.3 is 0 Å². The van der Waals surface area contributed by atoms with Crippen molar-refractivity contribution in [1.82, 2.24) is 15.6 Å². The largest absolute Gasteiger partial charge is 0.356 e. The molecule has 0 aliphatic carbocycles. The standard InChI is InChI=1S/C18H25FN4S/c1-4-17-23-16(12-24-17)8-10-22-18(20-3)21-9-7-14-5-6-15(19)11-13(14)2/h5-6,11-12H,4,7-10H2,1-3H3,(H2,20,21,22). The molecule has 4 nitrogen and oxygen atoms in total. The molecule has 0 saturated heterocycles. The van der Waals surface area contributed by atoms with Gasteiger partial charge in [-0.05, 0) is 43.0 Å². The lowest BCUT2D eigenvalue weighted by Crippen LogP contribution is -2.39. The van der Waals surface area contributed by atoms with Crippen LogP contribution in [0.5, 0.6) is 0 Å². The maximum absolute atomic E-state index is 13.1. The molecule has 2 rings (SSSR count). The van der Waals surface area contributed by atoms with Crippen molar-refractivity contribution in [3.05, 3.63) is 51.2 Å². The van der Waals surface area contributed by atoms with Gasteiger partial charge in [0.15, 0.2) is 5.96 Å². The number of benzene rings is 1. The van der Waals surface area contributed by atoms with Crippen LogP contribution in [0.2, 0.25) is 0 Å². The van der Waals surface area contributed by atoms with Crippen LogP contribution in [0.1, 0.15) is 28.8 Å². The Morgan fingerprint density at radius 2 is 2.00 bits per heavy atom. The quantitative estimate of drug-likeness (QED) is 0.597. The van der Waals surface area contributed by atoms with Gasteiger partial charge in [-0.1, -0.05) is 13.0 Å². The lowest BCUT2D eigenvalue weighted by molar-refractivity contribution is 0.625. The average molecular weight is 348 g/mol. The molecule has 1 aromatic heterocycles. The van der Waals surface area contributed by atoms with E-state index in [0.29, 0.717) is 0 Å². The summed E-state index contributed by atoms with van der Waals surface area (Å²) in [5.74, 6) is 0.593. The van der Waals surface area contributed by atoms with Gasteiger partial charge in [-0.3, -0.25) is 4.99 Å². The topological polar surface area (TPSA) is 49.3 Å². The molecule has 1 heterocycles. The number of nitrogens with one attached hydrogen (secondary N) is 2. The summed E-state index contributed by atoms with van der Waals surface area (Å²) >= 11 is 1.72. The maximum atomic E-state index is 13.1. The zero-order valence-corrected chi connectivity index (χ0v) is 15.3. The van der Waals surface area contributed by atoms with Gasteiger partial charge in [-0.25, -0.2) is 9.37 Å². The van der Waals surface area contributed by atoms with Gasteiger partial charge in [-0.2, -0.15) is 0 Å². The average Bonchev–Trinajstić information content (AvgIpc) is 3.03. The van der Waals surface area contributed by atoms with Crippen LogP contribution in [0, 0.1) is 12.7 Å². The molecule has 1 aromatic carbocycles. The number of rotatable bonds is 7. The highest BCUT2D eigenvalue weighted by molar-refractivity contribution is 7.09. The molecule has 0 aliphatic rings. The van der Waals surface area contributed by atoms with Gasteiger partial charge in [0, 0.05) is 31.9 Å². The molecule has 0 aliphatic heterocycles. The van der Waals surface area contributed by atoms with Crippen LogP contribution in [0.4, 0.5) is 4.39 Å². The highest BCUT2D eigenvalue weighted by atomic mass is 32.1. The van der Waals surface area contributed by atoms with Crippen LogP contribution in [0.25, 0.3) is 0 Å². The van der Waals surface area contributed by atoms with E-state index >= 15 is 0 Å². The van der Waals surface area contributed by atoms with Crippen LogP contribution in [0.15, 0.2) is 28.6 Å². The van der Waals surface area contributed by atoms with E-state index in [9.17, 15) is 4.39 Å². The predicted molar refractivity (Wildman–Crippen MR) is 99.4 cm³/mol. The number of halogens is 1. The first kappa shape index (κ1) is 18.4. The molecule has 6 heteroatoms. The Kier molecular flexibility index (Phi) is 7.18. The van der Waals surface area contributed by atoms with Crippen molar-refractivity contribution >= 4 is 17.3 Å². The highest BCUT2D eigenvalue weighted by Gasteiger charge is 2.03. The SMILES string of the molecule is CCc1nc(CCNC(=NC)NCCc2ccc(F)cc2C)cs1. The smallest absolute Gasteiger partial charge is 0.190 e. The Hall–Kier alpha value is -1.95. The molecule has 2 N–H and O–H groups in total. The normalized spacial score (nSPS) is 11.6. The minimum absolute atomic E-state index is 0.185. The van der Waals surface area contributed by atoms with Gasteiger partial charge in [0.25, 0.3) is 0 Å². The van der Waals surface area contributed by atoms with Crippen molar-refractivity contribution in [3.8, 4) is 0 Å². The fourth-order valence-corrected chi connectivity index (χ4v) is 3.19. The van der Waals surface area contributed by atoms with E-state index in [2.05, 4.69) is 32.9 Å². The minimum atomic E-state index is -0.185. The van der Waals surface area contributed by atoms with Crippen molar-refractivity contribution < 1.29 is 4.39 Å². The van der Waals surface area contributed by atoms with Crippen molar-refractivity contribution in [2.75, 3.05) is 20.1 Å². The fraction of sp³-hybridized carbons (Fsp3) is 0.444. The lowest BCUT2D eigenvalue weighted by atomic mass is 10.1. The summed E-state index contributed by atoms with van der Waals surface area (Å²) in [5, 5.41) is 9.89. The highest BCUT2D eigenvalue weighted by Crippen LogP contribution is 2.11. The molecular formula is C18H25FN4S. The maximum Gasteiger partial charge on any atom is 0.190 e. The van der Waals surface area contributed by atoms with E-state index in [1.807, 2.05) is 13.0 Å². The van der Waals surface area contributed by atoms with Gasteiger partial charge in [0.2, 0.25) is 0 Å². The van der Waals surface area contributed by atoms with Crippen LogP contribution in [0.3, 0.4) is 0 Å². The number of hydrogen-bond donors (Lipinski definition) is 2. The second kappa shape index (κ2) is 9.37. The van der Waals surface area contributed by atoms with Crippen LogP contribution in [-0.2, 0) is 19.3 Å². The second-order valence-electron chi connectivity index (χ2n) is 5.58. The molecule has 0 bridgehead atoms. The molecule has 0 atom stereocenters. The Balaban J connectivity index is 1.72. The summed E-state index contributed by atoms with van der Waals surface area (Å²) in [4.78, 5) is 8.78. The van der Waals surface area contributed by atoms with Crippen LogP contribution < -0.4 is 10.6 Å². The third-order valence-electron chi connectivity index (χ3n) is 3.79. The third-order valence-corrected chi connectivity index (χ3v) is 4.83. The number of aromatic nitrogens is 1. The zero-order chi connectivity index (χ0) is 17.4. The second-order valence-corrected chi connectivity index (χ2v) is 6.53. The molecule has 0 saturated carbocycles. The molecule has 0 radical (unpaired) electrons. The van der Waals surface area contributed by atoms with Crippen LogP contribution >= 0.6 is 11.3 Å². The number of aryl methyl sites for hydroxylation is 2. The van der Waals surface area contributed by atoms with Crippen molar-refractivity contribution in [1.29, 1.82) is 0 Å². The predicted octanol–water partition coefficient (Wildman–Crippen LogP) is 3.10. The number of hydrogen-bond acceptors (Lipinski definition) is 3. The Morgan fingerprint density at radius 1 is 1.25 bits per heavy atom. The van der Waals surface area contributed by atoms with Crippen LogP contribution in [-0.4, -0.2) is 31.1 Å². The van der Waals surface area contributed by atoms with Crippen molar-refractivity contribution in [2.24, 2.45) is 4.99 Å². The molecule has 0 fully saturated rings. The Labute approximate surface area is 147 Å². The van der Waals surface area contributed by atoms with E-state index in [-0.39, 0.29) is 5.82 Å². The third kappa shape index (κ3) is 5.60. The van der Waals surface area contributed by atoms with Crippen molar-refractivity contribution in [2.45, 2.75) is 33.1 Å². The van der Waals surface area contributed by atoms with Gasteiger partial charge in [-0.15, -0.1) is 11.3 Å². The Morgan fingerprint density at radius 3 is 2.62 bits per heavy atom. The lowest BCUT2D eigenvalue weighted by Gasteiger charge is -2.12. The number of guanidine groups is 1. The number of nitrogens with zero attached hydrogens (tertiary/aromatic N) is 2. The van der Waals surface area contributed by atoms with E-state index in [1.54, 1.807) is 24.5 Å². The molecule has 130 valence electrons. The molecule has 0 amide bonds. The fourth-order valence-electron chi connectivity index (χ4n) is 2.41. The molecule has 24 heavy (non-hydrogen) atoms. The molecular weight excluding hydrogens is 323 g/mol. The summed E-state index contributed by atoms with van der Waals surface area (Å²) < 4.78 is 13.1. The minimum Gasteiger partial charge on any atom is -0.356 e. The molecule has 0 spiro atoms. The first-order chi connectivity index (χ1) is 11.6. The van der Waals surface area contributed by atoms with E-state index in [0.717, 1.165) is 55.1 Å². The zero-order valence-electron chi connectivity index (χ0n) is 14.5. The monoisotopic (exact) mass is 348 g/mol. The van der Waals surface area contributed by atoms with Gasteiger partial charge < -0.3 is 10.6 Å². The van der Waals surface area contributed by atoms with Crippen molar-refractivity contribution in [3.63, 3.8) is 0 Å². The number of thiazole rings is 1. The Bertz CT molecular complexity index is 681. The molecule has 2 aromatic rings. The first-order valence-corrected chi connectivity index (χ1v) is 9.13. The summed E-state index contributed by atoms with van der Waals surface area (Å²) in [6.07, 6.45) is 2.71. The summed E-state index contributed by atoms with van der Waals surface area (Å²) in [5.41, 5.74) is 3.26. The summed E-state index contributed by atoms with van der Waals surface area (Å²) in [7, 11) is 1.76. The summed E-state index contributed by atoms with van der Waals surface area (Å²) in [6.45, 7) is 5.60. The molecule has 0 unspecified atom stereocenters. The van der Waals surface area contributed by atoms with Gasteiger partial charge in [0.05, 0.1) is 10.7 Å². The van der Waals surface area contributed by atoms with E-state index in [4.69, 9.17) is 0 Å². The van der Waals surface area contributed by atoms with Gasteiger partial charge in [0.1, 0.15) is 5.82 Å².